The molecule has 0 spiro atoms. The average molecular weight is 165 g/mol. The third-order valence-electron chi connectivity index (χ3n) is 1.28. The fourth-order valence-electron chi connectivity index (χ4n) is 0.864. The summed E-state index contributed by atoms with van der Waals surface area (Å²) in [6, 6.07) is 0. The smallest absolute Gasteiger partial charge is 0.190 e. The van der Waals surface area contributed by atoms with Gasteiger partial charge in [0.05, 0.1) is 0 Å². The van der Waals surface area contributed by atoms with Crippen LogP contribution in [0.2, 0.25) is 0 Å². The van der Waals surface area contributed by atoms with E-state index in [0.717, 1.165) is 17.7 Å². The standard InChI is InChI=1S/C8H9N2S/c1-6-3-2-4-7(5-6)10-8(9)11/h2-4H,1,5H2,(H2,9,11). The third kappa shape index (κ3) is 2.63. The lowest BCUT2D eigenvalue weighted by molar-refractivity contribution is 1.32. The molecule has 1 aliphatic carbocycles. The van der Waals surface area contributed by atoms with Crippen LogP contribution < -0.4 is 5.73 Å². The molecule has 0 amide bonds. The first kappa shape index (κ1) is 8.14. The molecule has 0 saturated carbocycles. The Morgan fingerprint density at radius 1 is 1.73 bits per heavy atom. The van der Waals surface area contributed by atoms with Crippen molar-refractivity contribution in [2.75, 3.05) is 0 Å². The largest absolute Gasteiger partial charge is 0.374 e. The van der Waals surface area contributed by atoms with Gasteiger partial charge in [0.25, 0.3) is 0 Å². The van der Waals surface area contributed by atoms with Crippen LogP contribution in [0, 0.1) is 6.92 Å². The molecular weight excluding hydrogens is 156 g/mol. The molecule has 1 radical (unpaired) electrons. The van der Waals surface area contributed by atoms with Crippen molar-refractivity contribution < 1.29 is 0 Å². The van der Waals surface area contributed by atoms with E-state index in [1.165, 1.54) is 0 Å². The fourth-order valence-corrected chi connectivity index (χ4v) is 0.981. The summed E-state index contributed by atoms with van der Waals surface area (Å²) in [5.41, 5.74) is 7.15. The van der Waals surface area contributed by atoms with Crippen LogP contribution in [0.1, 0.15) is 6.42 Å². The van der Waals surface area contributed by atoms with E-state index in [-0.39, 0.29) is 5.11 Å². The zero-order valence-electron chi connectivity index (χ0n) is 6.08. The van der Waals surface area contributed by atoms with Gasteiger partial charge < -0.3 is 5.73 Å². The van der Waals surface area contributed by atoms with Crippen molar-refractivity contribution in [2.24, 2.45) is 10.7 Å². The number of allylic oxidation sites excluding steroid dienone is 4. The molecule has 0 atom stereocenters. The molecule has 1 aliphatic rings. The Balaban J connectivity index is 2.73. The Morgan fingerprint density at radius 3 is 3.00 bits per heavy atom. The number of thiocarbonyl (C=S) groups is 1. The summed E-state index contributed by atoms with van der Waals surface area (Å²) in [5, 5.41) is 0.180. The number of hydrogen-bond acceptors (Lipinski definition) is 1. The number of nitrogens with two attached hydrogens (primary N) is 1. The minimum absolute atomic E-state index is 0.180. The summed E-state index contributed by atoms with van der Waals surface area (Å²) < 4.78 is 0. The van der Waals surface area contributed by atoms with E-state index in [9.17, 15) is 0 Å². The van der Waals surface area contributed by atoms with Crippen molar-refractivity contribution in [3.05, 3.63) is 30.7 Å². The molecule has 0 aliphatic heterocycles. The SMILES string of the molecule is [CH2]C1=CC=CC(=NC(N)=S)C1. The van der Waals surface area contributed by atoms with Gasteiger partial charge in [-0.25, -0.2) is 4.99 Å². The van der Waals surface area contributed by atoms with Crippen LogP contribution in [-0.4, -0.2) is 10.8 Å². The third-order valence-corrected chi connectivity index (χ3v) is 1.37. The van der Waals surface area contributed by atoms with Crippen molar-refractivity contribution in [2.45, 2.75) is 6.42 Å². The van der Waals surface area contributed by atoms with Gasteiger partial charge in [0.2, 0.25) is 0 Å². The summed E-state index contributed by atoms with van der Waals surface area (Å²) in [6.45, 7) is 3.80. The molecule has 11 heavy (non-hydrogen) atoms. The van der Waals surface area contributed by atoms with Gasteiger partial charge in [-0.3, -0.25) is 0 Å². The van der Waals surface area contributed by atoms with Gasteiger partial charge in [0.15, 0.2) is 5.11 Å². The van der Waals surface area contributed by atoms with Crippen LogP contribution in [-0.2, 0) is 0 Å². The Bertz CT molecular complexity index is 261. The number of hydrogen-bond donors (Lipinski definition) is 1. The van der Waals surface area contributed by atoms with E-state index >= 15 is 0 Å². The zero-order valence-corrected chi connectivity index (χ0v) is 6.90. The molecule has 0 heterocycles. The Kier molecular flexibility index (Phi) is 2.54. The maximum absolute atomic E-state index is 5.24. The second kappa shape index (κ2) is 3.44. The van der Waals surface area contributed by atoms with Crippen LogP contribution in [0.3, 0.4) is 0 Å². The number of rotatable bonds is 0. The van der Waals surface area contributed by atoms with Crippen LogP contribution in [0.15, 0.2) is 28.8 Å². The van der Waals surface area contributed by atoms with Crippen LogP contribution in [0.25, 0.3) is 0 Å². The Hall–Kier alpha value is -0.960. The number of nitrogens with zero attached hydrogens (tertiary/aromatic N) is 1. The highest BCUT2D eigenvalue weighted by molar-refractivity contribution is 7.80. The van der Waals surface area contributed by atoms with E-state index < -0.39 is 0 Å². The quantitative estimate of drug-likeness (QED) is 0.551. The lowest BCUT2D eigenvalue weighted by atomic mass is 10.1. The van der Waals surface area contributed by atoms with Crippen molar-refractivity contribution >= 4 is 23.0 Å². The molecule has 0 aromatic heterocycles. The average Bonchev–Trinajstić information content (AvgIpc) is 1.85. The monoisotopic (exact) mass is 165 g/mol. The lowest BCUT2D eigenvalue weighted by Crippen LogP contribution is -2.09. The molecule has 2 nitrogen and oxygen atoms in total. The second-order valence-corrected chi connectivity index (χ2v) is 2.72. The summed E-state index contributed by atoms with van der Waals surface area (Å²) in [7, 11) is 0. The van der Waals surface area contributed by atoms with Gasteiger partial charge in [0.1, 0.15) is 0 Å². The van der Waals surface area contributed by atoms with Crippen LogP contribution >= 0.6 is 12.2 Å². The van der Waals surface area contributed by atoms with Crippen molar-refractivity contribution in [1.82, 2.24) is 0 Å². The zero-order chi connectivity index (χ0) is 8.27. The minimum atomic E-state index is 0.180. The molecule has 0 aromatic rings. The molecule has 1 rings (SSSR count). The maximum Gasteiger partial charge on any atom is 0.190 e. The topological polar surface area (TPSA) is 38.4 Å². The number of aliphatic imine (C=N–C) groups is 1. The first-order valence-electron chi connectivity index (χ1n) is 3.24. The molecule has 0 unspecified atom stereocenters. The Labute approximate surface area is 71.5 Å². The van der Waals surface area contributed by atoms with Crippen LogP contribution in [0.4, 0.5) is 0 Å². The van der Waals surface area contributed by atoms with E-state index in [0.29, 0.717) is 0 Å². The second-order valence-electron chi connectivity index (χ2n) is 2.30. The fraction of sp³-hybridized carbons (Fsp3) is 0.125. The van der Waals surface area contributed by atoms with Gasteiger partial charge in [-0.15, -0.1) is 0 Å². The normalized spacial score (nSPS) is 20.1. The van der Waals surface area contributed by atoms with E-state index in [4.69, 9.17) is 5.73 Å². The molecular formula is C8H9N2S. The maximum atomic E-state index is 5.24. The van der Waals surface area contributed by atoms with Gasteiger partial charge in [-0.2, -0.15) is 0 Å². The van der Waals surface area contributed by atoms with E-state index in [2.05, 4.69) is 24.1 Å². The molecule has 0 fully saturated rings. The van der Waals surface area contributed by atoms with Crippen LogP contribution in [0.5, 0.6) is 0 Å². The highest BCUT2D eigenvalue weighted by Crippen LogP contribution is 2.08. The summed E-state index contributed by atoms with van der Waals surface area (Å²) in [4.78, 5) is 3.95. The van der Waals surface area contributed by atoms with Crippen molar-refractivity contribution in [3.8, 4) is 0 Å². The molecule has 57 valence electrons. The van der Waals surface area contributed by atoms with E-state index in [1.807, 2.05) is 18.2 Å². The van der Waals surface area contributed by atoms with Crippen molar-refractivity contribution in [1.29, 1.82) is 0 Å². The molecule has 0 aromatic carbocycles. The van der Waals surface area contributed by atoms with E-state index in [1.54, 1.807) is 0 Å². The van der Waals surface area contributed by atoms with Gasteiger partial charge in [-0.1, -0.05) is 17.7 Å². The molecule has 3 heteroatoms. The lowest BCUT2D eigenvalue weighted by Gasteiger charge is -2.04. The Morgan fingerprint density at radius 2 is 2.45 bits per heavy atom. The van der Waals surface area contributed by atoms with Gasteiger partial charge >= 0.3 is 0 Å². The molecule has 0 saturated heterocycles. The van der Waals surface area contributed by atoms with Crippen molar-refractivity contribution in [3.63, 3.8) is 0 Å². The summed E-state index contributed by atoms with van der Waals surface area (Å²) in [5.74, 6) is 0. The first-order valence-corrected chi connectivity index (χ1v) is 3.65. The predicted octanol–water partition coefficient (Wildman–Crippen LogP) is 1.39. The summed E-state index contributed by atoms with van der Waals surface area (Å²) >= 11 is 4.63. The van der Waals surface area contributed by atoms with Gasteiger partial charge in [-0.05, 0) is 25.2 Å². The first-order chi connectivity index (χ1) is 5.18. The summed E-state index contributed by atoms with van der Waals surface area (Å²) in [6.07, 6.45) is 6.46. The molecule has 2 N–H and O–H groups in total. The predicted molar refractivity (Wildman–Crippen MR) is 51.4 cm³/mol. The molecule has 0 bridgehead atoms. The highest BCUT2D eigenvalue weighted by atomic mass is 32.1. The van der Waals surface area contributed by atoms with Gasteiger partial charge in [0, 0.05) is 12.1 Å². The highest BCUT2D eigenvalue weighted by Gasteiger charge is 2.00. The minimum Gasteiger partial charge on any atom is -0.374 e.